The lowest BCUT2D eigenvalue weighted by molar-refractivity contribution is -0.0583. The van der Waals surface area contributed by atoms with Gasteiger partial charge in [-0.3, -0.25) is 4.98 Å². The summed E-state index contributed by atoms with van der Waals surface area (Å²) in [6, 6.07) is 4.99. The summed E-state index contributed by atoms with van der Waals surface area (Å²) in [5.74, 6) is -4.37. The van der Waals surface area contributed by atoms with E-state index in [0.717, 1.165) is 31.3 Å². The number of fused-ring (bicyclic) bond motifs is 1. The first-order chi connectivity index (χ1) is 15.7. The van der Waals surface area contributed by atoms with E-state index in [0.29, 0.717) is 22.4 Å². The first-order valence-electron chi connectivity index (χ1n) is 10.7. The van der Waals surface area contributed by atoms with Crippen LogP contribution >= 0.6 is 0 Å². The molecule has 1 unspecified atom stereocenters. The number of benzene rings is 1. The molecule has 33 heavy (non-hydrogen) atoms. The van der Waals surface area contributed by atoms with Crippen LogP contribution in [0.3, 0.4) is 0 Å². The number of aromatic nitrogens is 3. The van der Waals surface area contributed by atoms with Crippen LogP contribution in [-0.4, -0.2) is 53.2 Å². The van der Waals surface area contributed by atoms with Gasteiger partial charge >= 0.3 is 0 Å². The Balaban J connectivity index is 1.68. The van der Waals surface area contributed by atoms with E-state index in [-0.39, 0.29) is 11.7 Å². The monoisotopic (exact) mass is 461 g/mol. The standard InChI is InChI=1S/C23H26F3N5O2/c1-13(17-5-4-6-19(20(17)24)23(25,26)12-32)28-22-18-9-15(31-8-7-16(11-31)33-3)10-27-21(18)14(2)29-30-22/h4-6,9-10,13,16,32H,7-8,11-12H2,1-3H3,(H,28,30)/t13?,16-/m0/s1. The number of aliphatic hydroxyl groups excluding tert-OH is 1. The average molecular weight is 461 g/mol. The highest BCUT2D eigenvalue weighted by molar-refractivity contribution is 5.92. The predicted molar refractivity (Wildman–Crippen MR) is 119 cm³/mol. The van der Waals surface area contributed by atoms with Crippen LogP contribution in [0.1, 0.15) is 36.2 Å². The van der Waals surface area contributed by atoms with Gasteiger partial charge in [-0.1, -0.05) is 12.1 Å². The molecule has 0 spiro atoms. The molecule has 2 N–H and O–H groups in total. The van der Waals surface area contributed by atoms with Gasteiger partial charge in [-0.25, -0.2) is 4.39 Å². The summed E-state index contributed by atoms with van der Waals surface area (Å²) < 4.78 is 48.3. The SMILES string of the molecule is CO[C@H]1CCN(c2cnc3c(C)nnc(NC(C)c4cccc(C(F)(F)CO)c4F)c3c2)C1. The molecule has 2 aromatic heterocycles. The first kappa shape index (κ1) is 23.2. The molecule has 0 amide bonds. The van der Waals surface area contributed by atoms with E-state index in [9.17, 15) is 13.2 Å². The van der Waals surface area contributed by atoms with Crippen LogP contribution in [0.25, 0.3) is 10.9 Å². The first-order valence-corrected chi connectivity index (χ1v) is 10.7. The lowest BCUT2D eigenvalue weighted by atomic mass is 10.00. The van der Waals surface area contributed by atoms with Gasteiger partial charge in [0.25, 0.3) is 5.92 Å². The summed E-state index contributed by atoms with van der Waals surface area (Å²) in [6.07, 6.45) is 2.85. The number of pyridine rings is 1. The molecule has 176 valence electrons. The van der Waals surface area contributed by atoms with Crippen LogP contribution in [0.2, 0.25) is 0 Å². The molecule has 1 aliphatic heterocycles. The largest absolute Gasteiger partial charge is 0.390 e. The van der Waals surface area contributed by atoms with Gasteiger partial charge in [0.15, 0.2) is 5.82 Å². The molecule has 1 aromatic carbocycles. The van der Waals surface area contributed by atoms with Crippen molar-refractivity contribution in [3.05, 3.63) is 53.1 Å². The van der Waals surface area contributed by atoms with Crippen molar-refractivity contribution in [3.63, 3.8) is 0 Å². The molecule has 0 bridgehead atoms. The van der Waals surface area contributed by atoms with E-state index in [1.54, 1.807) is 27.2 Å². The van der Waals surface area contributed by atoms with E-state index in [2.05, 4.69) is 25.4 Å². The third-order valence-corrected chi connectivity index (χ3v) is 6.06. The fraction of sp³-hybridized carbons (Fsp3) is 0.435. The van der Waals surface area contributed by atoms with Gasteiger partial charge in [-0.05, 0) is 32.4 Å². The maximum atomic E-state index is 14.9. The lowest BCUT2D eigenvalue weighted by Crippen LogP contribution is -2.22. The van der Waals surface area contributed by atoms with Gasteiger partial charge in [0.2, 0.25) is 0 Å². The fourth-order valence-corrected chi connectivity index (χ4v) is 4.12. The van der Waals surface area contributed by atoms with E-state index in [1.165, 1.54) is 12.1 Å². The summed E-state index contributed by atoms with van der Waals surface area (Å²) in [5, 5.41) is 21.1. The Bertz CT molecular complexity index is 1160. The smallest absolute Gasteiger partial charge is 0.298 e. The highest BCUT2D eigenvalue weighted by Crippen LogP contribution is 2.34. The van der Waals surface area contributed by atoms with Crippen molar-refractivity contribution in [2.75, 3.05) is 37.0 Å². The van der Waals surface area contributed by atoms with Gasteiger partial charge in [-0.2, -0.15) is 13.9 Å². The number of anilines is 2. The third-order valence-electron chi connectivity index (χ3n) is 6.06. The van der Waals surface area contributed by atoms with E-state index < -0.39 is 30.0 Å². The number of rotatable bonds is 7. The summed E-state index contributed by atoms with van der Waals surface area (Å²) in [5.41, 5.74) is 1.37. The minimum absolute atomic E-state index is 0.0303. The van der Waals surface area contributed by atoms with Crippen molar-refractivity contribution in [2.45, 2.75) is 38.3 Å². The number of nitrogens with zero attached hydrogens (tertiary/aromatic N) is 4. The molecule has 3 aromatic rings. The predicted octanol–water partition coefficient (Wildman–Crippen LogP) is 3.95. The normalized spacial score (nSPS) is 17.5. The number of hydrogen-bond acceptors (Lipinski definition) is 7. The number of nitrogens with one attached hydrogen (secondary N) is 1. The summed E-state index contributed by atoms with van der Waals surface area (Å²) in [4.78, 5) is 6.74. The highest BCUT2D eigenvalue weighted by Gasteiger charge is 2.35. The lowest BCUT2D eigenvalue weighted by Gasteiger charge is -2.22. The van der Waals surface area contributed by atoms with Gasteiger partial charge in [-0.15, -0.1) is 5.10 Å². The van der Waals surface area contributed by atoms with Crippen LogP contribution in [0.15, 0.2) is 30.5 Å². The van der Waals surface area contributed by atoms with Crippen LogP contribution in [0, 0.1) is 12.7 Å². The molecule has 0 saturated carbocycles. The second-order valence-corrected chi connectivity index (χ2v) is 8.25. The van der Waals surface area contributed by atoms with Gasteiger partial charge in [0.05, 0.1) is 40.8 Å². The average Bonchev–Trinajstić information content (AvgIpc) is 3.30. The molecule has 1 fully saturated rings. The molecule has 3 heterocycles. The molecule has 0 aliphatic carbocycles. The number of hydrogen-bond donors (Lipinski definition) is 2. The Kier molecular flexibility index (Phi) is 6.40. The Labute approximate surface area is 189 Å². The Morgan fingerprint density at radius 1 is 1.33 bits per heavy atom. The molecular formula is C23H26F3N5O2. The molecule has 7 nitrogen and oxygen atoms in total. The molecular weight excluding hydrogens is 435 g/mol. The minimum Gasteiger partial charge on any atom is -0.390 e. The van der Waals surface area contributed by atoms with E-state index in [4.69, 9.17) is 9.84 Å². The van der Waals surface area contributed by atoms with Crippen molar-refractivity contribution in [2.24, 2.45) is 0 Å². The van der Waals surface area contributed by atoms with Crippen molar-refractivity contribution < 1.29 is 23.0 Å². The third kappa shape index (κ3) is 4.45. The molecule has 1 aliphatic rings. The van der Waals surface area contributed by atoms with Crippen molar-refractivity contribution >= 4 is 22.4 Å². The van der Waals surface area contributed by atoms with Crippen molar-refractivity contribution in [1.82, 2.24) is 15.2 Å². The summed E-state index contributed by atoms with van der Waals surface area (Å²) in [7, 11) is 1.69. The second-order valence-electron chi connectivity index (χ2n) is 8.25. The molecule has 10 heteroatoms. The zero-order valence-electron chi connectivity index (χ0n) is 18.6. The minimum atomic E-state index is -3.68. The van der Waals surface area contributed by atoms with Crippen LogP contribution in [0.4, 0.5) is 24.7 Å². The zero-order chi connectivity index (χ0) is 23.8. The number of alkyl halides is 2. The molecule has 4 rings (SSSR count). The van der Waals surface area contributed by atoms with Crippen molar-refractivity contribution in [3.8, 4) is 0 Å². The quantitative estimate of drug-likeness (QED) is 0.551. The van der Waals surface area contributed by atoms with Gasteiger partial charge in [0, 0.05) is 31.1 Å². The second kappa shape index (κ2) is 9.11. The number of aliphatic hydroxyl groups is 1. The maximum absolute atomic E-state index is 14.9. The zero-order valence-corrected chi connectivity index (χ0v) is 18.6. The Morgan fingerprint density at radius 3 is 2.82 bits per heavy atom. The molecule has 1 saturated heterocycles. The number of halogens is 3. The van der Waals surface area contributed by atoms with Crippen LogP contribution < -0.4 is 10.2 Å². The molecule has 0 radical (unpaired) electrons. The number of aryl methyl sites for hydroxylation is 1. The summed E-state index contributed by atoms with van der Waals surface area (Å²) in [6.45, 7) is 3.55. The van der Waals surface area contributed by atoms with Gasteiger partial charge < -0.3 is 20.1 Å². The van der Waals surface area contributed by atoms with E-state index in [1.807, 2.05) is 6.07 Å². The van der Waals surface area contributed by atoms with Gasteiger partial charge in [0.1, 0.15) is 12.4 Å². The Morgan fingerprint density at radius 2 is 2.12 bits per heavy atom. The topological polar surface area (TPSA) is 83.4 Å². The van der Waals surface area contributed by atoms with E-state index >= 15 is 0 Å². The maximum Gasteiger partial charge on any atom is 0.298 e. The number of ether oxygens (including phenoxy) is 1. The van der Waals surface area contributed by atoms with Crippen LogP contribution in [0.5, 0.6) is 0 Å². The fourth-order valence-electron chi connectivity index (χ4n) is 4.12. The Hall–Kier alpha value is -2.98. The van der Waals surface area contributed by atoms with Crippen LogP contribution in [-0.2, 0) is 10.7 Å². The van der Waals surface area contributed by atoms with Crippen molar-refractivity contribution in [1.29, 1.82) is 0 Å². The number of methoxy groups -OCH3 is 1. The molecule has 2 atom stereocenters. The highest BCUT2D eigenvalue weighted by atomic mass is 19.3. The summed E-state index contributed by atoms with van der Waals surface area (Å²) >= 11 is 0.